The van der Waals surface area contributed by atoms with Gasteiger partial charge >= 0.3 is 5.97 Å². The Labute approximate surface area is 103 Å². The van der Waals surface area contributed by atoms with Crippen LogP contribution in [0.4, 0.5) is 0 Å². The molecule has 0 N–H and O–H groups in total. The minimum atomic E-state index is -0.357. The Kier molecular flexibility index (Phi) is 5.48. The summed E-state index contributed by atoms with van der Waals surface area (Å²) in [6.07, 6.45) is 2.69. The largest absolute Gasteiger partial charge is 0.459 e. The van der Waals surface area contributed by atoms with Crippen molar-refractivity contribution in [3.63, 3.8) is 0 Å². The van der Waals surface area contributed by atoms with E-state index in [4.69, 9.17) is 9.47 Å². The highest BCUT2D eigenvalue weighted by Gasteiger charge is 2.08. The lowest BCUT2D eigenvalue weighted by molar-refractivity contribution is -0.150. The van der Waals surface area contributed by atoms with Gasteiger partial charge in [-0.15, -0.1) is 0 Å². The monoisotopic (exact) mass is 290 g/mol. The smallest absolute Gasteiger partial charge is 0.332 e. The standard InChI is InChI=1S/C10H15BrN2O3/c1-3-4-15-7-9(14)16-6-8-5-13(2)12-10(8)11/h5H,3-4,6-7H2,1-2H3. The molecular formula is C10H15BrN2O3. The van der Waals surface area contributed by atoms with Crippen molar-refractivity contribution in [1.82, 2.24) is 9.78 Å². The molecule has 5 nitrogen and oxygen atoms in total. The van der Waals surface area contributed by atoms with Crippen molar-refractivity contribution < 1.29 is 14.3 Å². The number of aryl methyl sites for hydroxylation is 1. The maximum absolute atomic E-state index is 11.2. The predicted octanol–water partition coefficient (Wildman–Crippen LogP) is 1.65. The summed E-state index contributed by atoms with van der Waals surface area (Å²) in [5, 5.41) is 4.08. The first-order chi connectivity index (χ1) is 7.63. The third-order valence-electron chi connectivity index (χ3n) is 1.81. The van der Waals surface area contributed by atoms with Crippen LogP contribution < -0.4 is 0 Å². The molecule has 0 aliphatic carbocycles. The van der Waals surface area contributed by atoms with Crippen molar-refractivity contribution in [3.8, 4) is 0 Å². The molecule has 1 aromatic heterocycles. The van der Waals surface area contributed by atoms with Crippen molar-refractivity contribution in [2.75, 3.05) is 13.2 Å². The molecule has 0 aromatic carbocycles. The van der Waals surface area contributed by atoms with Crippen LogP contribution in [0, 0.1) is 0 Å². The van der Waals surface area contributed by atoms with Gasteiger partial charge in [0.15, 0.2) is 0 Å². The SMILES string of the molecule is CCCOCC(=O)OCc1cn(C)nc1Br. The fourth-order valence-electron chi connectivity index (χ4n) is 1.11. The summed E-state index contributed by atoms with van der Waals surface area (Å²) in [6, 6.07) is 0. The number of esters is 1. The second-order valence-corrected chi connectivity index (χ2v) is 4.08. The first kappa shape index (κ1) is 13.2. The molecule has 1 rings (SSSR count). The summed E-state index contributed by atoms with van der Waals surface area (Å²) < 4.78 is 12.4. The highest BCUT2D eigenvalue weighted by molar-refractivity contribution is 9.10. The zero-order chi connectivity index (χ0) is 12.0. The molecule has 0 fully saturated rings. The zero-order valence-electron chi connectivity index (χ0n) is 9.40. The first-order valence-corrected chi connectivity index (χ1v) is 5.84. The van der Waals surface area contributed by atoms with E-state index < -0.39 is 0 Å². The number of ether oxygens (including phenoxy) is 2. The van der Waals surface area contributed by atoms with Gasteiger partial charge in [0.05, 0.1) is 0 Å². The van der Waals surface area contributed by atoms with Gasteiger partial charge in [-0.1, -0.05) is 6.92 Å². The van der Waals surface area contributed by atoms with E-state index in [9.17, 15) is 4.79 Å². The molecule has 1 aromatic rings. The number of carbonyl (C=O) groups excluding carboxylic acids is 1. The van der Waals surface area contributed by atoms with Gasteiger partial charge in [-0.25, -0.2) is 4.79 Å². The summed E-state index contributed by atoms with van der Waals surface area (Å²) in [5.41, 5.74) is 0.839. The van der Waals surface area contributed by atoms with Gasteiger partial charge in [0.1, 0.15) is 17.8 Å². The van der Waals surface area contributed by atoms with Gasteiger partial charge in [0, 0.05) is 25.4 Å². The fourth-order valence-corrected chi connectivity index (χ4v) is 1.57. The lowest BCUT2D eigenvalue weighted by atomic mass is 10.4. The number of carbonyl (C=O) groups is 1. The van der Waals surface area contributed by atoms with E-state index in [0.717, 1.165) is 12.0 Å². The summed E-state index contributed by atoms with van der Waals surface area (Å²) in [5.74, 6) is -0.357. The predicted molar refractivity (Wildman–Crippen MR) is 61.8 cm³/mol. The summed E-state index contributed by atoms with van der Waals surface area (Å²) in [4.78, 5) is 11.2. The Morgan fingerprint density at radius 1 is 1.62 bits per heavy atom. The van der Waals surface area contributed by atoms with Crippen LogP contribution in [0.5, 0.6) is 0 Å². The van der Waals surface area contributed by atoms with Crippen molar-refractivity contribution in [3.05, 3.63) is 16.4 Å². The minimum Gasteiger partial charge on any atom is -0.459 e. The Morgan fingerprint density at radius 2 is 2.38 bits per heavy atom. The van der Waals surface area contributed by atoms with Crippen LogP contribution in [0.3, 0.4) is 0 Å². The summed E-state index contributed by atoms with van der Waals surface area (Å²) >= 11 is 3.28. The number of nitrogens with zero attached hydrogens (tertiary/aromatic N) is 2. The molecule has 90 valence electrons. The molecule has 0 saturated heterocycles. The Bertz CT molecular complexity index is 352. The van der Waals surface area contributed by atoms with Crippen LogP contribution in [0.25, 0.3) is 0 Å². The topological polar surface area (TPSA) is 53.4 Å². The minimum absolute atomic E-state index is 0.00568. The third kappa shape index (κ3) is 4.32. The number of halogens is 1. The third-order valence-corrected chi connectivity index (χ3v) is 2.48. The average molecular weight is 291 g/mol. The Hall–Kier alpha value is -0.880. The van der Waals surface area contributed by atoms with Gasteiger partial charge in [0.25, 0.3) is 0 Å². The molecule has 0 aliphatic heterocycles. The maximum atomic E-state index is 11.2. The second kappa shape index (κ2) is 6.65. The molecule has 0 spiro atoms. The summed E-state index contributed by atoms with van der Waals surface area (Å²) in [6.45, 7) is 2.78. The number of rotatable bonds is 6. The van der Waals surface area contributed by atoms with E-state index in [0.29, 0.717) is 11.2 Å². The van der Waals surface area contributed by atoms with Crippen LogP contribution in [0.15, 0.2) is 10.8 Å². The first-order valence-electron chi connectivity index (χ1n) is 5.05. The van der Waals surface area contributed by atoms with Crippen molar-refractivity contribution in [1.29, 1.82) is 0 Å². The van der Waals surface area contributed by atoms with Crippen molar-refractivity contribution in [2.45, 2.75) is 20.0 Å². The molecule has 6 heteroatoms. The van der Waals surface area contributed by atoms with E-state index in [2.05, 4.69) is 21.0 Å². The normalized spacial score (nSPS) is 10.4. The van der Waals surface area contributed by atoms with E-state index in [1.165, 1.54) is 0 Å². The Balaban J connectivity index is 2.29. The quantitative estimate of drug-likeness (QED) is 0.591. The highest BCUT2D eigenvalue weighted by atomic mass is 79.9. The highest BCUT2D eigenvalue weighted by Crippen LogP contribution is 2.14. The fraction of sp³-hybridized carbons (Fsp3) is 0.600. The molecule has 0 bridgehead atoms. The van der Waals surface area contributed by atoms with E-state index >= 15 is 0 Å². The maximum Gasteiger partial charge on any atom is 0.332 e. The molecule has 0 unspecified atom stereocenters. The second-order valence-electron chi connectivity index (χ2n) is 3.33. The van der Waals surface area contributed by atoms with Gasteiger partial charge < -0.3 is 9.47 Å². The number of aromatic nitrogens is 2. The lowest BCUT2D eigenvalue weighted by Crippen LogP contribution is -2.12. The lowest BCUT2D eigenvalue weighted by Gasteiger charge is -2.03. The van der Waals surface area contributed by atoms with Crippen LogP contribution in [0.1, 0.15) is 18.9 Å². The van der Waals surface area contributed by atoms with E-state index in [-0.39, 0.29) is 19.2 Å². The summed E-state index contributed by atoms with van der Waals surface area (Å²) in [7, 11) is 1.81. The van der Waals surface area contributed by atoms with Crippen LogP contribution in [-0.2, 0) is 27.9 Å². The van der Waals surface area contributed by atoms with E-state index in [1.54, 1.807) is 17.9 Å². The van der Waals surface area contributed by atoms with Gasteiger partial charge in [-0.05, 0) is 22.4 Å². The molecule has 0 radical (unpaired) electrons. The van der Waals surface area contributed by atoms with Crippen LogP contribution in [-0.4, -0.2) is 29.0 Å². The Morgan fingerprint density at radius 3 is 2.94 bits per heavy atom. The van der Waals surface area contributed by atoms with Crippen molar-refractivity contribution >= 4 is 21.9 Å². The molecule has 0 saturated carbocycles. The molecule has 0 aliphatic rings. The van der Waals surface area contributed by atoms with Gasteiger partial charge in [-0.2, -0.15) is 5.10 Å². The molecule has 16 heavy (non-hydrogen) atoms. The van der Waals surface area contributed by atoms with Crippen LogP contribution in [0.2, 0.25) is 0 Å². The number of hydrogen-bond donors (Lipinski definition) is 0. The van der Waals surface area contributed by atoms with E-state index in [1.807, 2.05) is 6.92 Å². The zero-order valence-corrected chi connectivity index (χ0v) is 11.0. The average Bonchev–Trinajstić information content (AvgIpc) is 2.55. The van der Waals surface area contributed by atoms with Crippen molar-refractivity contribution in [2.24, 2.45) is 7.05 Å². The molecule has 0 atom stereocenters. The van der Waals surface area contributed by atoms with Gasteiger partial charge in [0.2, 0.25) is 0 Å². The number of hydrogen-bond acceptors (Lipinski definition) is 4. The molecule has 1 heterocycles. The van der Waals surface area contributed by atoms with Crippen LogP contribution >= 0.6 is 15.9 Å². The van der Waals surface area contributed by atoms with Gasteiger partial charge in [-0.3, -0.25) is 4.68 Å². The molecular weight excluding hydrogens is 276 g/mol. The molecule has 0 amide bonds.